The number of anilines is 1. The molecule has 9 rings (SSSR count). The lowest BCUT2D eigenvalue weighted by Crippen LogP contribution is -2.48. The molecule has 4 aliphatic rings. The fraction of sp³-hybridized carbons (Fsp3) is 0.447. The van der Waals surface area contributed by atoms with E-state index in [0.717, 1.165) is 93.4 Å². The van der Waals surface area contributed by atoms with Crippen molar-refractivity contribution in [3.63, 3.8) is 0 Å². The Morgan fingerprint density at radius 1 is 0.790 bits per heavy atom. The molecule has 62 heavy (non-hydrogen) atoms. The van der Waals surface area contributed by atoms with Crippen molar-refractivity contribution >= 4 is 34.7 Å². The Morgan fingerprint density at radius 3 is 2.26 bits per heavy atom. The van der Waals surface area contributed by atoms with Crippen molar-refractivity contribution in [2.24, 2.45) is 13.0 Å². The maximum atomic E-state index is 15.0. The highest BCUT2D eigenvalue weighted by Gasteiger charge is 2.33. The average Bonchev–Trinajstić information content (AvgIpc) is 3.53. The molecule has 2 N–H and O–H groups in total. The monoisotopic (exact) mass is 845 g/mol. The van der Waals surface area contributed by atoms with Crippen LogP contribution >= 0.6 is 0 Å². The molecule has 324 valence electrons. The van der Waals surface area contributed by atoms with Crippen LogP contribution in [-0.4, -0.2) is 110 Å². The van der Waals surface area contributed by atoms with Crippen LogP contribution in [0.2, 0.25) is 0 Å². The third-order valence-corrected chi connectivity index (χ3v) is 13.5. The number of halogens is 2. The van der Waals surface area contributed by atoms with Gasteiger partial charge in [0.2, 0.25) is 23.7 Å². The Labute approximate surface area is 359 Å². The van der Waals surface area contributed by atoms with Gasteiger partial charge in [-0.15, -0.1) is 0 Å². The van der Waals surface area contributed by atoms with E-state index in [1.807, 2.05) is 29.2 Å². The van der Waals surface area contributed by atoms with E-state index < -0.39 is 17.8 Å². The molecule has 1 atom stereocenters. The summed E-state index contributed by atoms with van der Waals surface area (Å²) in [5.41, 5.74) is 4.94. The Balaban J connectivity index is 0.706. The number of carbonyl (C=O) groups is 3. The van der Waals surface area contributed by atoms with E-state index in [4.69, 9.17) is 0 Å². The number of imidazole rings is 1. The standard InChI is InChI=1S/C47H53F2N9O4/c1-54-41-26-34(7-10-39(41)58(47(54)62)40-11-12-42(59)52-45(40)61)32-15-21-55(22-16-32)28-30-13-19-56(20-14-30)29-43(60)57-23-17-37(18-24-57)51-46-50-27-38(49)44(53-46)35-4-2-3-33(25-35)31-5-8-36(48)9-6-31/h2-10,25-27,30,32,37,40H,11-24,28-29H2,1H3,(H,50,51,53)(H,52,59,61). The number of piperidine rings is 4. The van der Waals surface area contributed by atoms with Crippen LogP contribution in [0.5, 0.6) is 0 Å². The number of hydrogen-bond acceptors (Lipinski definition) is 9. The predicted octanol–water partition coefficient (Wildman–Crippen LogP) is 5.71. The summed E-state index contributed by atoms with van der Waals surface area (Å²) in [4.78, 5) is 66.5. The van der Waals surface area contributed by atoms with E-state index in [1.54, 1.807) is 29.8 Å². The molecule has 4 fully saturated rings. The first-order valence-corrected chi connectivity index (χ1v) is 22.0. The maximum Gasteiger partial charge on any atom is 0.329 e. The lowest BCUT2D eigenvalue weighted by molar-refractivity contribution is -0.136. The number of likely N-dealkylation sites (tertiary alicyclic amines) is 3. The maximum absolute atomic E-state index is 15.0. The summed E-state index contributed by atoms with van der Waals surface area (Å²) in [5.74, 6) is -0.0563. The Morgan fingerprint density at radius 2 is 1.52 bits per heavy atom. The smallest absolute Gasteiger partial charge is 0.329 e. The molecule has 0 saturated carbocycles. The molecule has 4 saturated heterocycles. The van der Waals surface area contributed by atoms with Crippen molar-refractivity contribution in [1.82, 2.24) is 39.1 Å². The minimum atomic E-state index is -0.687. The van der Waals surface area contributed by atoms with E-state index in [-0.39, 0.29) is 41.5 Å². The second kappa shape index (κ2) is 17.9. The molecule has 0 spiro atoms. The van der Waals surface area contributed by atoms with Gasteiger partial charge >= 0.3 is 5.69 Å². The summed E-state index contributed by atoms with van der Waals surface area (Å²) in [6.07, 6.45) is 7.44. The van der Waals surface area contributed by atoms with Gasteiger partial charge in [0.1, 0.15) is 17.6 Å². The van der Waals surface area contributed by atoms with Gasteiger partial charge in [-0.3, -0.25) is 33.7 Å². The highest BCUT2D eigenvalue weighted by atomic mass is 19.1. The van der Waals surface area contributed by atoms with Crippen LogP contribution in [0.4, 0.5) is 14.7 Å². The van der Waals surface area contributed by atoms with E-state index in [9.17, 15) is 28.0 Å². The molecule has 6 heterocycles. The fourth-order valence-electron chi connectivity index (χ4n) is 9.88. The summed E-state index contributed by atoms with van der Waals surface area (Å²) in [6.45, 7) is 6.64. The van der Waals surface area contributed by atoms with Crippen LogP contribution in [0.15, 0.2) is 77.7 Å². The molecule has 0 radical (unpaired) electrons. The largest absolute Gasteiger partial charge is 0.351 e. The van der Waals surface area contributed by atoms with Gasteiger partial charge in [-0.2, -0.15) is 0 Å². The number of rotatable bonds is 10. The van der Waals surface area contributed by atoms with E-state index in [1.165, 1.54) is 28.5 Å². The molecule has 5 aromatic rings. The van der Waals surface area contributed by atoms with Crippen LogP contribution in [0.25, 0.3) is 33.4 Å². The molecule has 0 aliphatic carbocycles. The molecule has 1 unspecified atom stereocenters. The highest BCUT2D eigenvalue weighted by molar-refractivity contribution is 6.00. The number of nitrogens with zero attached hydrogens (tertiary/aromatic N) is 7. The summed E-state index contributed by atoms with van der Waals surface area (Å²) >= 11 is 0. The summed E-state index contributed by atoms with van der Waals surface area (Å²) in [6, 6.07) is 19.1. The Kier molecular flexibility index (Phi) is 12.0. The van der Waals surface area contributed by atoms with Crippen LogP contribution in [-0.2, 0) is 21.4 Å². The lowest BCUT2D eigenvalue weighted by atomic mass is 9.88. The topological polar surface area (TPSA) is 138 Å². The fourth-order valence-corrected chi connectivity index (χ4v) is 9.88. The van der Waals surface area contributed by atoms with E-state index >= 15 is 0 Å². The summed E-state index contributed by atoms with van der Waals surface area (Å²) in [5, 5.41) is 5.75. The SMILES string of the molecule is Cn1c(=O)n(C2CCC(=O)NC2=O)c2ccc(C3CCN(CC4CCN(CC(=O)N5CCC(Nc6ncc(F)c(-c7cccc(-c8ccc(F)cc8)c7)n6)CC5)CC4)CC3)cc21. The molecule has 3 amide bonds. The Bertz CT molecular complexity index is 2520. The minimum Gasteiger partial charge on any atom is -0.351 e. The highest BCUT2D eigenvalue weighted by Crippen LogP contribution is 2.33. The first-order valence-electron chi connectivity index (χ1n) is 22.0. The van der Waals surface area contributed by atoms with Crippen LogP contribution < -0.4 is 16.3 Å². The number of hydrogen-bond donors (Lipinski definition) is 2. The van der Waals surface area contributed by atoms with Crippen molar-refractivity contribution in [3.8, 4) is 22.4 Å². The van der Waals surface area contributed by atoms with Gasteiger partial charge in [-0.05, 0) is 130 Å². The quantitative estimate of drug-likeness (QED) is 0.169. The number of fused-ring (bicyclic) bond motifs is 1. The first kappa shape index (κ1) is 41.5. The first-order chi connectivity index (χ1) is 30.1. The van der Waals surface area contributed by atoms with Gasteiger partial charge in [-0.1, -0.05) is 36.4 Å². The third kappa shape index (κ3) is 8.91. The van der Waals surface area contributed by atoms with Gasteiger partial charge in [0.05, 0.1) is 23.8 Å². The number of aromatic nitrogens is 4. The zero-order valence-corrected chi connectivity index (χ0v) is 35.1. The van der Waals surface area contributed by atoms with E-state index in [0.29, 0.717) is 49.4 Å². The van der Waals surface area contributed by atoms with Gasteiger partial charge in [0, 0.05) is 44.7 Å². The third-order valence-electron chi connectivity index (χ3n) is 13.5. The van der Waals surface area contributed by atoms with Crippen LogP contribution in [0.3, 0.4) is 0 Å². The Hall–Kier alpha value is -5.80. The molecular formula is C47H53F2N9O4. The van der Waals surface area contributed by atoms with Crippen molar-refractivity contribution in [2.45, 2.75) is 69.4 Å². The number of benzene rings is 3. The lowest BCUT2D eigenvalue weighted by Gasteiger charge is -2.38. The van der Waals surface area contributed by atoms with Crippen molar-refractivity contribution in [2.75, 3.05) is 57.7 Å². The summed E-state index contributed by atoms with van der Waals surface area (Å²) < 4.78 is 31.6. The van der Waals surface area contributed by atoms with Crippen molar-refractivity contribution in [3.05, 3.63) is 101 Å². The van der Waals surface area contributed by atoms with Gasteiger partial charge < -0.3 is 15.1 Å². The van der Waals surface area contributed by atoms with Gasteiger partial charge in [0.25, 0.3) is 0 Å². The molecular weight excluding hydrogens is 793 g/mol. The number of nitrogens with one attached hydrogen (secondary N) is 2. The molecule has 2 aromatic heterocycles. The van der Waals surface area contributed by atoms with Crippen molar-refractivity contribution in [1.29, 1.82) is 0 Å². The van der Waals surface area contributed by atoms with Gasteiger partial charge in [-0.25, -0.2) is 23.5 Å². The average molecular weight is 846 g/mol. The minimum absolute atomic E-state index is 0.0577. The second-order valence-electron chi connectivity index (χ2n) is 17.5. The number of carbonyl (C=O) groups excluding carboxylic acids is 3. The molecule has 3 aromatic carbocycles. The zero-order chi connectivity index (χ0) is 42.9. The second-order valence-corrected chi connectivity index (χ2v) is 17.5. The van der Waals surface area contributed by atoms with Gasteiger partial charge in [0.15, 0.2) is 5.82 Å². The number of amides is 3. The molecule has 15 heteroatoms. The van der Waals surface area contributed by atoms with Crippen molar-refractivity contribution < 1.29 is 23.2 Å². The molecule has 4 aliphatic heterocycles. The van der Waals surface area contributed by atoms with Crippen LogP contribution in [0, 0.1) is 17.6 Å². The number of aryl methyl sites for hydroxylation is 1. The normalized spacial score (nSPS) is 20.2. The van der Waals surface area contributed by atoms with E-state index in [2.05, 4.69) is 42.5 Å². The summed E-state index contributed by atoms with van der Waals surface area (Å²) in [7, 11) is 1.74. The number of imide groups is 1. The van der Waals surface area contributed by atoms with Crippen LogP contribution in [0.1, 0.15) is 68.9 Å². The molecule has 13 nitrogen and oxygen atoms in total. The zero-order valence-electron chi connectivity index (χ0n) is 35.1. The predicted molar refractivity (Wildman–Crippen MR) is 232 cm³/mol. The molecule has 0 bridgehead atoms.